The van der Waals surface area contributed by atoms with Crippen molar-refractivity contribution < 1.29 is 9.59 Å². The van der Waals surface area contributed by atoms with E-state index in [0.717, 1.165) is 33.6 Å². The zero-order valence-corrected chi connectivity index (χ0v) is 22.1. The Balaban J connectivity index is 2.27. The van der Waals surface area contributed by atoms with Crippen LogP contribution in [-0.4, -0.2) is 32.1 Å². The molecule has 1 saturated heterocycles. The molecule has 5 heteroatoms. The van der Waals surface area contributed by atoms with Gasteiger partial charge in [-0.25, -0.2) is 0 Å². The molecule has 2 aromatic rings. The molecule has 0 N–H and O–H groups in total. The topological polar surface area (TPSA) is 40.6 Å². The maximum atomic E-state index is 13.5. The van der Waals surface area contributed by atoms with Gasteiger partial charge in [-0.3, -0.25) is 0 Å². The number of benzene rings is 2. The van der Waals surface area contributed by atoms with Gasteiger partial charge in [0.1, 0.15) is 0 Å². The van der Waals surface area contributed by atoms with Gasteiger partial charge in [-0.1, -0.05) is 0 Å². The Labute approximate surface area is 200 Å². The summed E-state index contributed by atoms with van der Waals surface area (Å²) >= 11 is 3.09. The van der Waals surface area contributed by atoms with Crippen molar-refractivity contribution in [1.82, 2.24) is 0 Å². The zero-order valence-electron chi connectivity index (χ0n) is 20.4. The third kappa shape index (κ3) is 4.09. The number of anilines is 2. The van der Waals surface area contributed by atoms with Crippen molar-refractivity contribution in [1.29, 1.82) is 0 Å². The number of hydrogen-bond donors (Lipinski definition) is 0. The summed E-state index contributed by atoms with van der Waals surface area (Å²) < 4.78 is 0.532. The van der Waals surface area contributed by atoms with Gasteiger partial charge in [0.15, 0.2) is 0 Å². The Morgan fingerprint density at radius 3 is 1.03 bits per heavy atom. The van der Waals surface area contributed by atoms with Crippen LogP contribution in [-0.2, 0) is 9.59 Å². The first-order valence-corrected chi connectivity index (χ1v) is 12.3. The van der Waals surface area contributed by atoms with Crippen LogP contribution in [0.2, 0.25) is 0 Å². The van der Waals surface area contributed by atoms with E-state index in [1.54, 1.807) is 9.80 Å². The van der Waals surface area contributed by atoms with Crippen molar-refractivity contribution in [3.8, 4) is 0 Å². The Bertz CT molecular complexity index is 933. The standard InChI is InChI=1S/C27H34N2O2Se/c1-15(2)19-11-9-12-20(16(3)4)23(19)28-25(30)26(31)29(27(28)32)24-21(17(5)6)13-10-14-22(24)18(7)8/h9-18H,1-8H3. The van der Waals surface area contributed by atoms with Crippen LogP contribution in [0, 0.1) is 0 Å². The first-order chi connectivity index (χ1) is 15.0. The molecule has 2 aromatic carbocycles. The molecule has 170 valence electrons. The molecular weight excluding hydrogens is 463 g/mol. The fourth-order valence-corrected chi connectivity index (χ4v) is 5.13. The Morgan fingerprint density at radius 2 is 0.812 bits per heavy atom. The van der Waals surface area contributed by atoms with E-state index in [0.29, 0.717) is 4.67 Å². The van der Waals surface area contributed by atoms with Crippen LogP contribution in [0.1, 0.15) is 101 Å². The summed E-state index contributed by atoms with van der Waals surface area (Å²) in [7, 11) is 0. The number of carbonyl (C=O) groups excluding carboxylic acids is 2. The van der Waals surface area contributed by atoms with Gasteiger partial charge in [-0.2, -0.15) is 0 Å². The third-order valence-electron chi connectivity index (χ3n) is 6.10. The van der Waals surface area contributed by atoms with Gasteiger partial charge in [0.05, 0.1) is 0 Å². The second-order valence-corrected chi connectivity index (χ2v) is 10.5. The van der Waals surface area contributed by atoms with E-state index in [-0.39, 0.29) is 23.7 Å². The summed E-state index contributed by atoms with van der Waals surface area (Å²) in [5.41, 5.74) is 5.92. The summed E-state index contributed by atoms with van der Waals surface area (Å²) in [6.45, 7) is 16.9. The van der Waals surface area contributed by atoms with Crippen molar-refractivity contribution in [2.75, 3.05) is 9.80 Å². The summed E-state index contributed by atoms with van der Waals surface area (Å²) in [5.74, 6) is -0.181. The predicted octanol–water partition coefficient (Wildman–Crippen LogP) is 5.82. The summed E-state index contributed by atoms with van der Waals surface area (Å²) in [6, 6.07) is 12.3. The van der Waals surface area contributed by atoms with Gasteiger partial charge in [0, 0.05) is 0 Å². The molecule has 0 radical (unpaired) electrons. The molecular formula is C27H34N2O2Se. The normalized spacial score (nSPS) is 14.8. The molecule has 0 unspecified atom stereocenters. The molecule has 1 aliphatic heterocycles. The van der Waals surface area contributed by atoms with E-state index in [4.69, 9.17) is 0 Å². The van der Waals surface area contributed by atoms with Crippen LogP contribution in [0.3, 0.4) is 0 Å². The van der Waals surface area contributed by atoms with Gasteiger partial charge in [0.25, 0.3) is 0 Å². The van der Waals surface area contributed by atoms with Crippen LogP contribution in [0.15, 0.2) is 36.4 Å². The Hall–Kier alpha value is -2.23. The quantitative estimate of drug-likeness (QED) is 0.373. The molecule has 0 aliphatic carbocycles. The van der Waals surface area contributed by atoms with Crippen LogP contribution >= 0.6 is 0 Å². The number of amides is 2. The number of nitrogens with zero attached hydrogens (tertiary/aromatic N) is 2. The zero-order chi connectivity index (χ0) is 23.9. The molecule has 1 aliphatic rings. The molecule has 32 heavy (non-hydrogen) atoms. The molecule has 1 fully saturated rings. The van der Waals surface area contributed by atoms with Crippen molar-refractivity contribution in [3.05, 3.63) is 58.7 Å². The van der Waals surface area contributed by atoms with Crippen LogP contribution < -0.4 is 9.80 Å². The van der Waals surface area contributed by atoms with Crippen LogP contribution in [0.4, 0.5) is 11.4 Å². The maximum absolute atomic E-state index is 13.5. The third-order valence-corrected chi connectivity index (χ3v) is 6.87. The fraction of sp³-hybridized carbons (Fsp3) is 0.444. The molecule has 0 saturated carbocycles. The van der Waals surface area contributed by atoms with E-state index in [9.17, 15) is 9.59 Å². The average molecular weight is 498 g/mol. The molecule has 2 amide bonds. The summed E-state index contributed by atoms with van der Waals surface area (Å²) in [5, 5.41) is 0. The summed E-state index contributed by atoms with van der Waals surface area (Å²) in [6.07, 6.45) is 0. The van der Waals surface area contributed by atoms with E-state index < -0.39 is 11.8 Å². The molecule has 0 spiro atoms. The number of hydrogen-bond acceptors (Lipinski definition) is 2. The van der Waals surface area contributed by atoms with E-state index >= 15 is 0 Å². The van der Waals surface area contributed by atoms with E-state index in [1.165, 1.54) is 0 Å². The fourth-order valence-electron chi connectivity index (χ4n) is 4.40. The van der Waals surface area contributed by atoms with Crippen molar-refractivity contribution >= 4 is 43.4 Å². The molecule has 0 atom stereocenters. The molecule has 4 nitrogen and oxygen atoms in total. The van der Waals surface area contributed by atoms with Crippen molar-refractivity contribution in [2.24, 2.45) is 0 Å². The van der Waals surface area contributed by atoms with Crippen LogP contribution in [0.25, 0.3) is 0 Å². The van der Waals surface area contributed by atoms with Gasteiger partial charge in [-0.05, 0) is 0 Å². The number of para-hydroxylation sites is 2. The van der Waals surface area contributed by atoms with Crippen molar-refractivity contribution in [3.63, 3.8) is 0 Å². The van der Waals surface area contributed by atoms with E-state index in [1.807, 2.05) is 12.1 Å². The van der Waals surface area contributed by atoms with Gasteiger partial charge in [0.2, 0.25) is 0 Å². The first kappa shape index (κ1) is 24.4. The Morgan fingerprint density at radius 1 is 0.562 bits per heavy atom. The SMILES string of the molecule is CC(C)c1cccc(C(C)C)c1N1C(=O)C(=O)N(c2c(C(C)C)cccc2C(C)C)C1=[Se]. The average Bonchev–Trinajstić information content (AvgIpc) is 2.94. The van der Waals surface area contributed by atoms with E-state index in [2.05, 4.69) is 95.2 Å². The minimum atomic E-state index is -0.512. The second-order valence-electron chi connectivity index (χ2n) is 9.75. The number of rotatable bonds is 6. The predicted molar refractivity (Wildman–Crippen MR) is 135 cm³/mol. The second kappa shape index (κ2) is 9.33. The first-order valence-electron chi connectivity index (χ1n) is 11.5. The molecule has 0 aromatic heterocycles. The molecule has 3 rings (SSSR count). The Kier molecular flexibility index (Phi) is 7.12. The number of carbonyl (C=O) groups is 2. The molecule has 0 bridgehead atoms. The molecule has 1 heterocycles. The van der Waals surface area contributed by atoms with Crippen LogP contribution in [0.5, 0.6) is 0 Å². The summed E-state index contributed by atoms with van der Waals surface area (Å²) in [4.78, 5) is 30.2. The van der Waals surface area contributed by atoms with Gasteiger partial charge in [-0.15, -0.1) is 0 Å². The van der Waals surface area contributed by atoms with Gasteiger partial charge >= 0.3 is 201 Å². The van der Waals surface area contributed by atoms with Gasteiger partial charge < -0.3 is 0 Å². The monoisotopic (exact) mass is 498 g/mol. The van der Waals surface area contributed by atoms with Crippen molar-refractivity contribution in [2.45, 2.75) is 79.1 Å². The minimum absolute atomic E-state index is 0.211.